The van der Waals surface area contributed by atoms with Crippen LogP contribution in [0.25, 0.3) is 11.3 Å². The molecule has 0 aliphatic carbocycles. The van der Waals surface area contributed by atoms with Crippen molar-refractivity contribution in [2.45, 2.75) is 17.9 Å². The minimum Gasteiger partial charge on any atom is -0.465 e. The molecule has 0 unspecified atom stereocenters. The molecule has 3 aromatic rings. The summed E-state index contributed by atoms with van der Waals surface area (Å²) >= 11 is 0. The number of carbonyl (C=O) groups excluding carboxylic acids is 2. The van der Waals surface area contributed by atoms with Crippen LogP contribution in [0.1, 0.15) is 27.8 Å². The van der Waals surface area contributed by atoms with Crippen molar-refractivity contribution >= 4 is 21.7 Å². The van der Waals surface area contributed by atoms with Gasteiger partial charge in [-0.2, -0.15) is 0 Å². The third kappa shape index (κ3) is 5.99. The number of sulfone groups is 1. The summed E-state index contributed by atoms with van der Waals surface area (Å²) < 4.78 is 34.3. The van der Waals surface area contributed by atoms with Crippen molar-refractivity contribution < 1.29 is 32.6 Å². The summed E-state index contributed by atoms with van der Waals surface area (Å²) in [4.78, 5) is 27.6. The zero-order chi connectivity index (χ0) is 24.2. The number of carbonyl (C=O) groups is 2. The highest BCUT2D eigenvalue weighted by atomic mass is 32.2. The number of hydrogen-bond acceptors (Lipinski definition) is 7. The fourth-order valence-electron chi connectivity index (χ4n) is 3.00. The van der Waals surface area contributed by atoms with Crippen molar-refractivity contribution in [2.75, 3.05) is 20.0 Å². The SMILES string of the molecule is COC(=O)c1cc(Oc2cccc(S(C)(=O)=O)c2)cc(-c2ccc(C(=O)N[C@H](C)CO)[nH]2)c1. The van der Waals surface area contributed by atoms with Crippen molar-refractivity contribution in [3.8, 4) is 22.8 Å². The van der Waals surface area contributed by atoms with Crippen LogP contribution >= 0.6 is 0 Å². The van der Waals surface area contributed by atoms with E-state index in [4.69, 9.17) is 14.6 Å². The Morgan fingerprint density at radius 2 is 1.85 bits per heavy atom. The van der Waals surface area contributed by atoms with Gasteiger partial charge in [-0.25, -0.2) is 13.2 Å². The lowest BCUT2D eigenvalue weighted by atomic mass is 10.1. The lowest BCUT2D eigenvalue weighted by Gasteiger charge is -2.11. The summed E-state index contributed by atoms with van der Waals surface area (Å²) in [6, 6.07) is 13.5. The Balaban J connectivity index is 1.97. The first-order valence-corrected chi connectivity index (χ1v) is 11.8. The van der Waals surface area contributed by atoms with Crippen LogP contribution in [0.5, 0.6) is 11.5 Å². The van der Waals surface area contributed by atoms with E-state index in [9.17, 15) is 18.0 Å². The molecule has 2 aromatic carbocycles. The molecule has 174 valence electrons. The van der Waals surface area contributed by atoms with Crippen LogP contribution in [0, 0.1) is 0 Å². The van der Waals surface area contributed by atoms with Crippen molar-refractivity contribution in [1.29, 1.82) is 0 Å². The van der Waals surface area contributed by atoms with Gasteiger partial charge in [0.25, 0.3) is 5.91 Å². The quantitative estimate of drug-likeness (QED) is 0.429. The van der Waals surface area contributed by atoms with Gasteiger partial charge in [0.1, 0.15) is 17.2 Å². The zero-order valence-electron chi connectivity index (χ0n) is 18.3. The van der Waals surface area contributed by atoms with Gasteiger partial charge < -0.3 is 24.9 Å². The molecule has 0 radical (unpaired) electrons. The second-order valence-corrected chi connectivity index (χ2v) is 9.45. The molecule has 3 N–H and O–H groups in total. The number of aliphatic hydroxyl groups excluding tert-OH is 1. The number of amides is 1. The molecule has 0 saturated heterocycles. The van der Waals surface area contributed by atoms with Crippen molar-refractivity contribution in [3.63, 3.8) is 0 Å². The van der Waals surface area contributed by atoms with Crippen molar-refractivity contribution in [3.05, 3.63) is 65.9 Å². The van der Waals surface area contributed by atoms with E-state index in [2.05, 4.69) is 10.3 Å². The minimum atomic E-state index is -3.42. The smallest absolute Gasteiger partial charge is 0.338 e. The predicted octanol–water partition coefficient (Wildman–Crippen LogP) is 2.77. The molecule has 0 fully saturated rings. The summed E-state index contributed by atoms with van der Waals surface area (Å²) in [6.07, 6.45) is 1.10. The van der Waals surface area contributed by atoms with Gasteiger partial charge in [0.2, 0.25) is 0 Å². The first kappa shape index (κ1) is 24.0. The number of aliphatic hydroxyl groups is 1. The van der Waals surface area contributed by atoms with Crippen LogP contribution in [0.15, 0.2) is 59.5 Å². The normalized spacial score (nSPS) is 12.1. The molecule has 1 heterocycles. The van der Waals surface area contributed by atoms with Gasteiger partial charge in [-0.15, -0.1) is 0 Å². The number of hydrogen-bond donors (Lipinski definition) is 3. The molecule has 3 rings (SSSR count). The van der Waals surface area contributed by atoms with Gasteiger partial charge in [0.05, 0.1) is 24.2 Å². The van der Waals surface area contributed by atoms with E-state index in [1.54, 1.807) is 43.3 Å². The summed E-state index contributed by atoms with van der Waals surface area (Å²) in [6.45, 7) is 1.48. The fraction of sp³-hybridized carbons (Fsp3) is 0.217. The molecule has 0 bridgehead atoms. The van der Waals surface area contributed by atoms with Crippen molar-refractivity contribution in [1.82, 2.24) is 10.3 Å². The summed E-state index contributed by atoms with van der Waals surface area (Å²) in [5.41, 5.74) is 1.56. The predicted molar refractivity (Wildman–Crippen MR) is 121 cm³/mol. The number of rotatable bonds is 8. The molecule has 9 nitrogen and oxygen atoms in total. The van der Waals surface area contributed by atoms with E-state index in [0.29, 0.717) is 11.3 Å². The van der Waals surface area contributed by atoms with Crippen molar-refractivity contribution in [2.24, 2.45) is 0 Å². The molecule has 1 aromatic heterocycles. The lowest BCUT2D eigenvalue weighted by molar-refractivity contribution is 0.0600. The molecule has 1 atom stereocenters. The van der Waals surface area contributed by atoms with E-state index in [0.717, 1.165) is 6.26 Å². The number of nitrogens with one attached hydrogen (secondary N) is 2. The number of esters is 1. The third-order valence-corrected chi connectivity index (χ3v) is 5.80. The highest BCUT2D eigenvalue weighted by Gasteiger charge is 2.16. The Kier molecular flexibility index (Phi) is 7.19. The first-order valence-electron chi connectivity index (χ1n) is 9.93. The molecule has 0 spiro atoms. The van der Waals surface area contributed by atoms with Gasteiger partial charge in [-0.05, 0) is 55.5 Å². The molecule has 33 heavy (non-hydrogen) atoms. The maximum absolute atomic E-state index is 12.3. The molecular formula is C23H24N2O7S. The van der Waals surface area contributed by atoms with Crippen LogP contribution in [0.4, 0.5) is 0 Å². The minimum absolute atomic E-state index is 0.0986. The van der Waals surface area contributed by atoms with Gasteiger partial charge >= 0.3 is 5.97 Å². The zero-order valence-corrected chi connectivity index (χ0v) is 19.1. The Morgan fingerprint density at radius 1 is 1.09 bits per heavy atom. The standard InChI is InChI=1S/C23H24N2O7S/c1-14(13-26)24-22(27)21-8-7-20(25-21)15-9-16(23(28)31-2)11-18(10-15)32-17-5-4-6-19(12-17)33(3,29)30/h4-12,14,25-26H,13H2,1-3H3,(H,24,27)/t14-/m1/s1. The van der Waals surface area contributed by atoms with E-state index >= 15 is 0 Å². The highest BCUT2D eigenvalue weighted by molar-refractivity contribution is 7.90. The first-order chi connectivity index (χ1) is 15.6. The van der Waals surface area contributed by atoms with Gasteiger partial charge in [-0.3, -0.25) is 4.79 Å². The average molecular weight is 473 g/mol. The summed E-state index contributed by atoms with van der Waals surface area (Å²) in [7, 11) is -2.17. The second kappa shape index (κ2) is 9.88. The largest absolute Gasteiger partial charge is 0.465 e. The number of ether oxygens (including phenoxy) is 2. The number of benzene rings is 2. The number of aromatic amines is 1. The molecule has 10 heteroatoms. The third-order valence-electron chi connectivity index (χ3n) is 4.69. The van der Waals surface area contributed by atoms with Crippen LogP contribution < -0.4 is 10.1 Å². The average Bonchev–Trinajstić information content (AvgIpc) is 3.28. The maximum Gasteiger partial charge on any atom is 0.338 e. The summed E-state index contributed by atoms with van der Waals surface area (Å²) in [5.74, 6) is -0.433. The van der Waals surface area contributed by atoms with Crippen LogP contribution in [0.3, 0.4) is 0 Å². The molecule has 0 aliphatic rings. The second-order valence-electron chi connectivity index (χ2n) is 7.43. The molecule has 0 aliphatic heterocycles. The van der Waals surface area contributed by atoms with Gasteiger partial charge in [0, 0.05) is 23.6 Å². The van der Waals surface area contributed by atoms with Gasteiger partial charge in [0.15, 0.2) is 9.84 Å². The van der Waals surface area contributed by atoms with E-state index in [-0.39, 0.29) is 40.2 Å². The monoisotopic (exact) mass is 472 g/mol. The Hall–Kier alpha value is -3.63. The van der Waals surface area contributed by atoms with Crippen LogP contribution in [-0.2, 0) is 14.6 Å². The molecule has 0 saturated carbocycles. The van der Waals surface area contributed by atoms with Crippen LogP contribution in [0.2, 0.25) is 0 Å². The fourth-order valence-corrected chi connectivity index (χ4v) is 3.65. The topological polar surface area (TPSA) is 135 Å². The Labute approximate surface area is 191 Å². The van der Waals surface area contributed by atoms with E-state index in [1.165, 1.54) is 25.3 Å². The number of methoxy groups -OCH3 is 1. The van der Waals surface area contributed by atoms with E-state index < -0.39 is 21.8 Å². The molecule has 1 amide bonds. The maximum atomic E-state index is 12.3. The van der Waals surface area contributed by atoms with Gasteiger partial charge in [-0.1, -0.05) is 6.07 Å². The Morgan fingerprint density at radius 3 is 2.52 bits per heavy atom. The Bertz CT molecular complexity index is 1280. The molecular weight excluding hydrogens is 448 g/mol. The number of H-pyrrole nitrogens is 1. The van der Waals surface area contributed by atoms with E-state index in [1.807, 2.05) is 0 Å². The summed E-state index contributed by atoms with van der Waals surface area (Å²) in [5, 5.41) is 11.8. The lowest BCUT2D eigenvalue weighted by Crippen LogP contribution is -2.35. The number of aromatic nitrogens is 1. The van der Waals surface area contributed by atoms with Crippen LogP contribution in [-0.4, -0.2) is 56.4 Å². The highest BCUT2D eigenvalue weighted by Crippen LogP contribution is 2.30.